The van der Waals surface area contributed by atoms with E-state index in [1.807, 2.05) is 13.8 Å². The predicted molar refractivity (Wildman–Crippen MR) is 70.7 cm³/mol. The zero-order chi connectivity index (χ0) is 13.4. The minimum atomic E-state index is -0.0389. The van der Waals surface area contributed by atoms with Crippen molar-refractivity contribution in [3.63, 3.8) is 0 Å². The van der Waals surface area contributed by atoms with Gasteiger partial charge in [0.05, 0.1) is 0 Å². The third-order valence-corrected chi connectivity index (χ3v) is 5.11. The van der Waals surface area contributed by atoms with Gasteiger partial charge in [0, 0.05) is 11.8 Å². The summed E-state index contributed by atoms with van der Waals surface area (Å²) in [6.45, 7) is 15.4. The number of carbonyl (C=O) groups is 1. The molecule has 1 saturated carbocycles. The summed E-state index contributed by atoms with van der Waals surface area (Å²) in [5.41, 5.74) is 0.273. The average molecular weight is 240 g/mol. The molecule has 17 heavy (non-hydrogen) atoms. The SMILES string of the molecule is CC(C)CC(=O)O[C@H]1C[C@H](C)C(C)(C)C1(C)C. The monoisotopic (exact) mass is 240 g/mol. The molecule has 100 valence electrons. The lowest BCUT2D eigenvalue weighted by molar-refractivity contribution is -0.156. The topological polar surface area (TPSA) is 26.3 Å². The Morgan fingerprint density at radius 1 is 1.24 bits per heavy atom. The van der Waals surface area contributed by atoms with Crippen LogP contribution in [0.2, 0.25) is 0 Å². The molecule has 2 atom stereocenters. The summed E-state index contributed by atoms with van der Waals surface area (Å²) < 4.78 is 5.70. The van der Waals surface area contributed by atoms with Gasteiger partial charge in [0.2, 0.25) is 0 Å². The predicted octanol–water partition coefficient (Wildman–Crippen LogP) is 4.04. The first-order chi connectivity index (χ1) is 7.59. The molecule has 0 bridgehead atoms. The largest absolute Gasteiger partial charge is 0.462 e. The van der Waals surface area contributed by atoms with Crippen LogP contribution in [0, 0.1) is 22.7 Å². The average Bonchev–Trinajstić information content (AvgIpc) is 2.26. The van der Waals surface area contributed by atoms with Gasteiger partial charge in [-0.05, 0) is 23.7 Å². The maximum absolute atomic E-state index is 11.8. The van der Waals surface area contributed by atoms with E-state index in [2.05, 4.69) is 34.6 Å². The molecule has 1 aliphatic rings. The molecule has 0 radical (unpaired) electrons. The Hall–Kier alpha value is -0.530. The van der Waals surface area contributed by atoms with E-state index in [1.165, 1.54) is 0 Å². The van der Waals surface area contributed by atoms with Crippen molar-refractivity contribution in [3.8, 4) is 0 Å². The van der Waals surface area contributed by atoms with Crippen LogP contribution >= 0.6 is 0 Å². The fourth-order valence-corrected chi connectivity index (χ4v) is 2.70. The van der Waals surface area contributed by atoms with Crippen LogP contribution in [0.3, 0.4) is 0 Å². The molecule has 0 aromatic heterocycles. The molecule has 1 fully saturated rings. The Morgan fingerprint density at radius 2 is 1.76 bits per heavy atom. The first kappa shape index (κ1) is 14.5. The van der Waals surface area contributed by atoms with Gasteiger partial charge in [0.1, 0.15) is 6.10 Å². The second-order valence-corrected chi connectivity index (χ2v) is 7.16. The van der Waals surface area contributed by atoms with E-state index in [-0.39, 0.29) is 22.9 Å². The van der Waals surface area contributed by atoms with E-state index >= 15 is 0 Å². The van der Waals surface area contributed by atoms with Crippen LogP contribution in [0.1, 0.15) is 61.3 Å². The minimum absolute atomic E-state index is 0.0389. The molecule has 2 heteroatoms. The number of rotatable bonds is 3. The Morgan fingerprint density at radius 3 is 2.12 bits per heavy atom. The molecule has 0 heterocycles. The van der Waals surface area contributed by atoms with Crippen molar-refractivity contribution in [2.75, 3.05) is 0 Å². The zero-order valence-electron chi connectivity index (χ0n) is 12.5. The van der Waals surface area contributed by atoms with Crippen LogP contribution in [0.5, 0.6) is 0 Å². The maximum atomic E-state index is 11.8. The molecule has 1 aliphatic carbocycles. The van der Waals surface area contributed by atoms with Crippen molar-refractivity contribution in [1.82, 2.24) is 0 Å². The van der Waals surface area contributed by atoms with E-state index in [0.29, 0.717) is 18.3 Å². The Bertz CT molecular complexity index is 289. The van der Waals surface area contributed by atoms with Crippen LogP contribution in [0.15, 0.2) is 0 Å². The van der Waals surface area contributed by atoms with E-state index in [4.69, 9.17) is 4.74 Å². The Labute approximate surface area is 106 Å². The van der Waals surface area contributed by atoms with Crippen LogP contribution in [-0.2, 0) is 9.53 Å². The molecular weight excluding hydrogens is 212 g/mol. The smallest absolute Gasteiger partial charge is 0.306 e. The summed E-state index contributed by atoms with van der Waals surface area (Å²) in [6.07, 6.45) is 1.59. The fraction of sp³-hybridized carbons (Fsp3) is 0.933. The highest BCUT2D eigenvalue weighted by atomic mass is 16.5. The van der Waals surface area contributed by atoms with Gasteiger partial charge in [-0.3, -0.25) is 4.79 Å². The zero-order valence-corrected chi connectivity index (χ0v) is 12.5. The van der Waals surface area contributed by atoms with Crippen LogP contribution in [-0.4, -0.2) is 12.1 Å². The van der Waals surface area contributed by atoms with Gasteiger partial charge in [-0.2, -0.15) is 0 Å². The van der Waals surface area contributed by atoms with Crippen LogP contribution < -0.4 is 0 Å². The minimum Gasteiger partial charge on any atom is -0.462 e. The van der Waals surface area contributed by atoms with Crippen molar-refractivity contribution in [2.45, 2.75) is 67.4 Å². The lowest BCUT2D eigenvalue weighted by atomic mass is 9.67. The normalized spacial score (nSPS) is 30.6. The van der Waals surface area contributed by atoms with Crippen molar-refractivity contribution in [2.24, 2.45) is 22.7 Å². The van der Waals surface area contributed by atoms with Gasteiger partial charge in [0.15, 0.2) is 0 Å². The molecule has 2 nitrogen and oxygen atoms in total. The van der Waals surface area contributed by atoms with E-state index in [0.717, 1.165) is 6.42 Å². The lowest BCUT2D eigenvalue weighted by Crippen LogP contribution is -2.38. The first-order valence-electron chi connectivity index (χ1n) is 6.78. The quantitative estimate of drug-likeness (QED) is 0.696. The lowest BCUT2D eigenvalue weighted by Gasteiger charge is -2.40. The standard InChI is InChI=1S/C15H28O2/c1-10(2)8-13(16)17-12-9-11(3)14(4,5)15(12,6)7/h10-12H,8-9H2,1-7H3/t11-,12-/m0/s1. The second-order valence-electron chi connectivity index (χ2n) is 7.16. The van der Waals surface area contributed by atoms with Gasteiger partial charge in [-0.1, -0.05) is 48.5 Å². The summed E-state index contributed by atoms with van der Waals surface area (Å²) in [7, 11) is 0. The summed E-state index contributed by atoms with van der Waals surface area (Å²) in [5.74, 6) is 0.926. The third kappa shape index (κ3) is 2.66. The summed E-state index contributed by atoms with van der Waals surface area (Å²) >= 11 is 0. The highest BCUT2D eigenvalue weighted by molar-refractivity contribution is 5.69. The number of ether oxygens (including phenoxy) is 1. The van der Waals surface area contributed by atoms with Gasteiger partial charge >= 0.3 is 5.97 Å². The van der Waals surface area contributed by atoms with Gasteiger partial charge in [-0.25, -0.2) is 0 Å². The Balaban J connectivity index is 2.71. The van der Waals surface area contributed by atoms with Gasteiger partial charge < -0.3 is 4.74 Å². The molecule has 0 aliphatic heterocycles. The number of hydrogen-bond acceptors (Lipinski definition) is 2. The van der Waals surface area contributed by atoms with Crippen molar-refractivity contribution in [1.29, 1.82) is 0 Å². The highest BCUT2D eigenvalue weighted by Crippen LogP contribution is 2.56. The molecule has 0 amide bonds. The first-order valence-corrected chi connectivity index (χ1v) is 6.78. The Kier molecular flexibility index (Phi) is 3.95. The maximum Gasteiger partial charge on any atom is 0.306 e. The molecule has 0 aromatic rings. The van der Waals surface area contributed by atoms with Crippen molar-refractivity contribution >= 4 is 5.97 Å². The van der Waals surface area contributed by atoms with Crippen molar-refractivity contribution < 1.29 is 9.53 Å². The molecule has 1 rings (SSSR count). The molecule has 0 N–H and O–H groups in total. The third-order valence-electron chi connectivity index (χ3n) is 5.11. The molecular formula is C15H28O2. The molecule has 0 spiro atoms. The van der Waals surface area contributed by atoms with E-state index < -0.39 is 0 Å². The number of carbonyl (C=O) groups excluding carboxylic acids is 1. The molecule has 0 saturated heterocycles. The summed E-state index contributed by atoms with van der Waals surface area (Å²) in [6, 6.07) is 0. The van der Waals surface area contributed by atoms with Crippen molar-refractivity contribution in [3.05, 3.63) is 0 Å². The number of esters is 1. The van der Waals surface area contributed by atoms with Crippen LogP contribution in [0.4, 0.5) is 0 Å². The fourth-order valence-electron chi connectivity index (χ4n) is 2.70. The van der Waals surface area contributed by atoms with Crippen LogP contribution in [0.25, 0.3) is 0 Å². The summed E-state index contributed by atoms with van der Waals surface area (Å²) in [5, 5.41) is 0. The number of hydrogen-bond donors (Lipinski definition) is 0. The molecule has 0 aromatic carbocycles. The highest BCUT2D eigenvalue weighted by Gasteiger charge is 2.54. The summed E-state index contributed by atoms with van der Waals surface area (Å²) in [4.78, 5) is 11.8. The van der Waals surface area contributed by atoms with E-state index in [1.54, 1.807) is 0 Å². The van der Waals surface area contributed by atoms with E-state index in [9.17, 15) is 4.79 Å². The molecule has 0 unspecified atom stereocenters. The second kappa shape index (κ2) is 4.62. The van der Waals surface area contributed by atoms with Gasteiger partial charge in [-0.15, -0.1) is 0 Å². The van der Waals surface area contributed by atoms with Gasteiger partial charge in [0.25, 0.3) is 0 Å².